The summed E-state index contributed by atoms with van der Waals surface area (Å²) in [6, 6.07) is 3.18. The number of H-pyrrole nitrogens is 1. The van der Waals surface area contributed by atoms with Crippen molar-refractivity contribution < 1.29 is 18.7 Å². The van der Waals surface area contributed by atoms with E-state index in [-0.39, 0.29) is 5.69 Å². The topological polar surface area (TPSA) is 98.3 Å². The highest BCUT2D eigenvalue weighted by Gasteiger charge is 2.12. The normalized spacial score (nSPS) is 10.4. The van der Waals surface area contributed by atoms with Gasteiger partial charge in [0, 0.05) is 12.1 Å². The van der Waals surface area contributed by atoms with Gasteiger partial charge in [0.1, 0.15) is 5.69 Å². The number of furan rings is 1. The standard InChI is InChI=1S/C9H8N2O4/c10-8(12)4-15-9(13)6-3-7-5(11-6)1-2-14-7/h1-3,11H,4H2,(H2,10,12). The Kier molecular flexibility index (Phi) is 2.17. The molecule has 0 bridgehead atoms. The van der Waals surface area contributed by atoms with Gasteiger partial charge >= 0.3 is 5.97 Å². The number of aromatic nitrogens is 1. The van der Waals surface area contributed by atoms with Gasteiger partial charge in [0.05, 0.1) is 11.8 Å². The van der Waals surface area contributed by atoms with E-state index in [1.807, 2.05) is 0 Å². The first-order chi connectivity index (χ1) is 7.16. The number of primary amides is 1. The molecule has 15 heavy (non-hydrogen) atoms. The van der Waals surface area contributed by atoms with E-state index in [2.05, 4.69) is 9.72 Å². The molecule has 2 rings (SSSR count). The first kappa shape index (κ1) is 9.32. The van der Waals surface area contributed by atoms with E-state index in [1.54, 1.807) is 6.07 Å². The van der Waals surface area contributed by atoms with E-state index < -0.39 is 18.5 Å². The molecular weight excluding hydrogens is 200 g/mol. The van der Waals surface area contributed by atoms with Crippen molar-refractivity contribution in [2.75, 3.05) is 6.61 Å². The number of amides is 1. The fraction of sp³-hybridized carbons (Fsp3) is 0.111. The van der Waals surface area contributed by atoms with Crippen molar-refractivity contribution in [3.8, 4) is 0 Å². The Morgan fingerprint density at radius 3 is 3.00 bits per heavy atom. The molecule has 0 saturated heterocycles. The second kappa shape index (κ2) is 3.49. The summed E-state index contributed by atoms with van der Waals surface area (Å²) in [5.41, 5.74) is 6.31. The van der Waals surface area contributed by atoms with Gasteiger partial charge in [-0.15, -0.1) is 0 Å². The number of rotatable bonds is 3. The minimum absolute atomic E-state index is 0.227. The largest absolute Gasteiger partial charge is 0.463 e. The highest BCUT2D eigenvalue weighted by Crippen LogP contribution is 2.16. The molecule has 0 atom stereocenters. The predicted molar refractivity (Wildman–Crippen MR) is 50.0 cm³/mol. The van der Waals surface area contributed by atoms with E-state index in [1.165, 1.54) is 12.3 Å². The lowest BCUT2D eigenvalue weighted by Gasteiger charge is -1.98. The smallest absolute Gasteiger partial charge is 0.355 e. The Labute approximate surface area is 84.0 Å². The van der Waals surface area contributed by atoms with E-state index in [9.17, 15) is 9.59 Å². The van der Waals surface area contributed by atoms with Gasteiger partial charge in [-0.2, -0.15) is 0 Å². The van der Waals surface area contributed by atoms with Gasteiger partial charge in [-0.05, 0) is 0 Å². The lowest BCUT2D eigenvalue weighted by atomic mass is 10.4. The van der Waals surface area contributed by atoms with Crippen molar-refractivity contribution in [3.63, 3.8) is 0 Å². The SMILES string of the molecule is NC(=O)COC(=O)c1cc2occc2[nH]1. The average molecular weight is 208 g/mol. The minimum atomic E-state index is -0.696. The second-order valence-corrected chi connectivity index (χ2v) is 2.92. The van der Waals surface area contributed by atoms with E-state index in [0.717, 1.165) is 0 Å². The number of aromatic amines is 1. The molecule has 78 valence electrons. The summed E-state index contributed by atoms with van der Waals surface area (Å²) >= 11 is 0. The third-order valence-electron chi connectivity index (χ3n) is 1.81. The summed E-state index contributed by atoms with van der Waals surface area (Å²) in [6.45, 7) is -0.431. The third kappa shape index (κ3) is 1.83. The first-order valence-corrected chi connectivity index (χ1v) is 4.18. The fourth-order valence-corrected chi connectivity index (χ4v) is 1.17. The molecule has 0 aliphatic heterocycles. The second-order valence-electron chi connectivity index (χ2n) is 2.92. The molecule has 2 heterocycles. The van der Waals surface area contributed by atoms with Gasteiger partial charge in [0.25, 0.3) is 5.91 Å². The summed E-state index contributed by atoms with van der Waals surface area (Å²) in [5.74, 6) is -1.33. The number of hydrogen-bond acceptors (Lipinski definition) is 4. The van der Waals surface area contributed by atoms with Crippen molar-refractivity contribution in [2.45, 2.75) is 0 Å². The molecule has 0 aliphatic carbocycles. The number of nitrogens with two attached hydrogens (primary N) is 1. The molecule has 0 spiro atoms. The molecule has 1 amide bonds. The molecule has 0 aromatic carbocycles. The van der Waals surface area contributed by atoms with E-state index >= 15 is 0 Å². The Morgan fingerprint density at radius 1 is 1.53 bits per heavy atom. The molecular formula is C9H8N2O4. The molecule has 2 aromatic rings. The van der Waals surface area contributed by atoms with Crippen LogP contribution in [0.2, 0.25) is 0 Å². The summed E-state index contributed by atoms with van der Waals surface area (Å²) in [4.78, 5) is 24.5. The average Bonchev–Trinajstić information content (AvgIpc) is 2.72. The zero-order chi connectivity index (χ0) is 10.8. The van der Waals surface area contributed by atoms with Crippen LogP contribution in [0.3, 0.4) is 0 Å². The van der Waals surface area contributed by atoms with Crippen molar-refractivity contribution >= 4 is 23.0 Å². The van der Waals surface area contributed by atoms with Crippen LogP contribution in [0.4, 0.5) is 0 Å². The number of carbonyl (C=O) groups excluding carboxylic acids is 2. The highest BCUT2D eigenvalue weighted by molar-refractivity contribution is 5.94. The summed E-state index contributed by atoms with van der Waals surface area (Å²) < 4.78 is 9.65. The molecule has 2 aromatic heterocycles. The monoisotopic (exact) mass is 208 g/mol. The van der Waals surface area contributed by atoms with Crippen LogP contribution in [0.15, 0.2) is 22.8 Å². The number of carbonyl (C=O) groups is 2. The van der Waals surface area contributed by atoms with Gasteiger partial charge in [-0.25, -0.2) is 4.79 Å². The van der Waals surface area contributed by atoms with Crippen LogP contribution >= 0.6 is 0 Å². The van der Waals surface area contributed by atoms with Crippen LogP contribution < -0.4 is 5.73 Å². The van der Waals surface area contributed by atoms with Gasteiger partial charge in [-0.3, -0.25) is 4.79 Å². The molecule has 0 aliphatic rings. The zero-order valence-corrected chi connectivity index (χ0v) is 7.65. The highest BCUT2D eigenvalue weighted by atomic mass is 16.5. The van der Waals surface area contributed by atoms with Crippen LogP contribution in [0.25, 0.3) is 11.1 Å². The lowest BCUT2D eigenvalue weighted by Crippen LogP contribution is -2.21. The molecule has 6 nitrogen and oxygen atoms in total. The van der Waals surface area contributed by atoms with Crippen molar-refractivity contribution in [3.05, 3.63) is 24.1 Å². The van der Waals surface area contributed by atoms with Gasteiger partial charge in [0.15, 0.2) is 12.2 Å². The van der Waals surface area contributed by atoms with Gasteiger partial charge in [0.2, 0.25) is 0 Å². The van der Waals surface area contributed by atoms with Gasteiger partial charge in [-0.1, -0.05) is 0 Å². The van der Waals surface area contributed by atoms with Crippen molar-refractivity contribution in [1.82, 2.24) is 4.98 Å². The number of nitrogens with one attached hydrogen (secondary N) is 1. The molecule has 0 unspecified atom stereocenters. The Balaban J connectivity index is 2.13. The number of esters is 1. The quantitative estimate of drug-likeness (QED) is 0.713. The van der Waals surface area contributed by atoms with Gasteiger partial charge < -0.3 is 19.9 Å². The lowest BCUT2D eigenvalue weighted by molar-refractivity contribution is -0.121. The van der Waals surface area contributed by atoms with Crippen LogP contribution in [-0.2, 0) is 9.53 Å². The Hall–Kier alpha value is -2.24. The van der Waals surface area contributed by atoms with Crippen LogP contribution in [0.5, 0.6) is 0 Å². The summed E-state index contributed by atoms with van der Waals surface area (Å²) in [5, 5.41) is 0. The molecule has 0 radical (unpaired) electrons. The Bertz CT molecular complexity index is 482. The van der Waals surface area contributed by atoms with Crippen LogP contribution in [-0.4, -0.2) is 23.5 Å². The van der Waals surface area contributed by atoms with Crippen molar-refractivity contribution in [1.29, 1.82) is 0 Å². The number of hydrogen-bond donors (Lipinski definition) is 2. The maximum atomic E-state index is 11.3. The van der Waals surface area contributed by atoms with Crippen LogP contribution in [0.1, 0.15) is 10.5 Å². The van der Waals surface area contributed by atoms with Crippen LogP contribution in [0, 0.1) is 0 Å². The number of ether oxygens (including phenoxy) is 1. The molecule has 3 N–H and O–H groups in total. The van der Waals surface area contributed by atoms with Crippen molar-refractivity contribution in [2.24, 2.45) is 5.73 Å². The summed E-state index contributed by atoms with van der Waals surface area (Å²) in [6.07, 6.45) is 1.50. The summed E-state index contributed by atoms with van der Waals surface area (Å²) in [7, 11) is 0. The van der Waals surface area contributed by atoms with E-state index in [0.29, 0.717) is 11.1 Å². The third-order valence-corrected chi connectivity index (χ3v) is 1.81. The maximum absolute atomic E-state index is 11.3. The maximum Gasteiger partial charge on any atom is 0.355 e. The molecule has 0 saturated carbocycles. The number of fused-ring (bicyclic) bond motifs is 1. The minimum Gasteiger partial charge on any atom is -0.463 e. The Morgan fingerprint density at radius 2 is 2.33 bits per heavy atom. The molecule has 6 heteroatoms. The molecule has 0 fully saturated rings. The predicted octanol–water partition coefficient (Wildman–Crippen LogP) is 0.403. The van der Waals surface area contributed by atoms with E-state index in [4.69, 9.17) is 10.2 Å². The first-order valence-electron chi connectivity index (χ1n) is 4.18. The fourth-order valence-electron chi connectivity index (χ4n) is 1.17. The zero-order valence-electron chi connectivity index (χ0n) is 7.65.